The quantitative estimate of drug-likeness (QED) is 0.679. The van der Waals surface area contributed by atoms with Crippen molar-refractivity contribution in [2.75, 3.05) is 18.5 Å². The van der Waals surface area contributed by atoms with E-state index in [0.29, 0.717) is 0 Å². The molecule has 20 heavy (non-hydrogen) atoms. The van der Waals surface area contributed by atoms with Crippen molar-refractivity contribution in [2.45, 2.75) is 38.9 Å². The first-order valence-electron chi connectivity index (χ1n) is 6.97. The van der Waals surface area contributed by atoms with Crippen molar-refractivity contribution in [1.82, 2.24) is 14.6 Å². The summed E-state index contributed by atoms with van der Waals surface area (Å²) >= 11 is 0. The zero-order valence-corrected chi connectivity index (χ0v) is 14.0. The molecular formula is C14H24N4OSi. The molecule has 110 valence electrons. The third-order valence-corrected chi connectivity index (χ3v) is 8.54. The largest absolute Gasteiger partial charge is 0.415 e. The van der Waals surface area contributed by atoms with Crippen LogP contribution in [-0.2, 0) is 4.43 Å². The van der Waals surface area contributed by atoms with E-state index in [1.807, 2.05) is 22.7 Å². The van der Waals surface area contributed by atoms with Gasteiger partial charge in [0.15, 0.2) is 14.0 Å². The Labute approximate surface area is 121 Å². The minimum Gasteiger partial charge on any atom is -0.415 e. The van der Waals surface area contributed by atoms with E-state index in [2.05, 4.69) is 49.4 Å². The van der Waals surface area contributed by atoms with Crippen molar-refractivity contribution in [3.63, 3.8) is 0 Å². The summed E-state index contributed by atoms with van der Waals surface area (Å²) in [6, 6.07) is 4.00. The molecule has 0 aliphatic rings. The van der Waals surface area contributed by atoms with Crippen molar-refractivity contribution in [3.8, 4) is 0 Å². The first-order chi connectivity index (χ1) is 9.29. The lowest BCUT2D eigenvalue weighted by Crippen LogP contribution is -2.41. The zero-order valence-electron chi connectivity index (χ0n) is 13.0. The van der Waals surface area contributed by atoms with E-state index < -0.39 is 8.32 Å². The van der Waals surface area contributed by atoms with E-state index in [9.17, 15) is 0 Å². The summed E-state index contributed by atoms with van der Waals surface area (Å²) in [4.78, 5) is 0. The topological polar surface area (TPSA) is 51.5 Å². The van der Waals surface area contributed by atoms with Crippen molar-refractivity contribution in [2.24, 2.45) is 0 Å². The lowest BCUT2D eigenvalue weighted by molar-refractivity contribution is 0.301. The number of nitrogens with zero attached hydrogens (tertiary/aromatic N) is 3. The Morgan fingerprint density at radius 1 is 1.35 bits per heavy atom. The number of aromatic nitrogens is 3. The molecule has 0 aliphatic heterocycles. The van der Waals surface area contributed by atoms with Crippen LogP contribution in [0.15, 0.2) is 24.7 Å². The SMILES string of the molecule is CC(C)(C)[Si](C)(C)OCCNc1ccn2cnnc2c1. The van der Waals surface area contributed by atoms with Gasteiger partial charge in [-0.2, -0.15) is 0 Å². The van der Waals surface area contributed by atoms with Gasteiger partial charge in [0.1, 0.15) is 6.33 Å². The number of rotatable bonds is 5. The summed E-state index contributed by atoms with van der Waals surface area (Å²) in [6.45, 7) is 12.8. The summed E-state index contributed by atoms with van der Waals surface area (Å²) in [6.07, 6.45) is 3.64. The molecule has 0 spiro atoms. The Morgan fingerprint density at radius 2 is 2.10 bits per heavy atom. The highest BCUT2D eigenvalue weighted by Crippen LogP contribution is 2.36. The zero-order chi connectivity index (χ0) is 14.8. The highest BCUT2D eigenvalue weighted by Gasteiger charge is 2.36. The van der Waals surface area contributed by atoms with Crippen LogP contribution in [0.25, 0.3) is 5.65 Å². The monoisotopic (exact) mass is 292 g/mol. The average molecular weight is 292 g/mol. The number of hydrogen-bond acceptors (Lipinski definition) is 4. The minimum absolute atomic E-state index is 0.257. The van der Waals surface area contributed by atoms with E-state index in [0.717, 1.165) is 24.5 Å². The smallest absolute Gasteiger partial charge is 0.192 e. The second-order valence-corrected chi connectivity index (χ2v) is 11.4. The predicted molar refractivity (Wildman–Crippen MR) is 84.6 cm³/mol. The highest BCUT2D eigenvalue weighted by atomic mass is 28.4. The Kier molecular flexibility index (Phi) is 4.15. The molecule has 2 heterocycles. The van der Waals surface area contributed by atoms with Crippen molar-refractivity contribution < 1.29 is 4.43 Å². The Hall–Kier alpha value is -1.40. The van der Waals surface area contributed by atoms with Crippen LogP contribution < -0.4 is 5.32 Å². The van der Waals surface area contributed by atoms with Crippen LogP contribution in [0.2, 0.25) is 18.1 Å². The summed E-state index contributed by atoms with van der Waals surface area (Å²) in [7, 11) is -1.64. The molecule has 0 amide bonds. The van der Waals surface area contributed by atoms with Crippen LogP contribution in [0, 0.1) is 0 Å². The molecule has 0 atom stereocenters. The second kappa shape index (κ2) is 5.53. The molecule has 0 aromatic carbocycles. The van der Waals surface area contributed by atoms with E-state index in [4.69, 9.17) is 4.43 Å². The van der Waals surface area contributed by atoms with Crippen molar-refractivity contribution in [3.05, 3.63) is 24.7 Å². The van der Waals surface area contributed by atoms with Gasteiger partial charge < -0.3 is 9.74 Å². The molecule has 2 aromatic heterocycles. The molecule has 0 aliphatic carbocycles. The molecule has 0 bridgehead atoms. The van der Waals surface area contributed by atoms with E-state index >= 15 is 0 Å². The van der Waals surface area contributed by atoms with Gasteiger partial charge in [0, 0.05) is 24.5 Å². The summed E-state index contributed by atoms with van der Waals surface area (Å²) in [5.74, 6) is 0. The van der Waals surface area contributed by atoms with Gasteiger partial charge in [-0.15, -0.1) is 10.2 Å². The van der Waals surface area contributed by atoms with Crippen LogP contribution in [0.4, 0.5) is 5.69 Å². The maximum absolute atomic E-state index is 6.13. The predicted octanol–water partition coefficient (Wildman–Crippen LogP) is 3.16. The van der Waals surface area contributed by atoms with Crippen LogP contribution >= 0.6 is 0 Å². The maximum Gasteiger partial charge on any atom is 0.192 e. The molecule has 0 unspecified atom stereocenters. The lowest BCUT2D eigenvalue weighted by Gasteiger charge is -2.36. The number of fused-ring (bicyclic) bond motifs is 1. The Morgan fingerprint density at radius 3 is 2.80 bits per heavy atom. The molecule has 5 nitrogen and oxygen atoms in total. The van der Waals surface area contributed by atoms with Crippen molar-refractivity contribution >= 4 is 19.7 Å². The maximum atomic E-state index is 6.13. The molecule has 0 saturated carbocycles. The third-order valence-electron chi connectivity index (χ3n) is 4.00. The van der Waals surface area contributed by atoms with Crippen LogP contribution in [0.5, 0.6) is 0 Å². The molecule has 0 radical (unpaired) electrons. The van der Waals surface area contributed by atoms with Crippen molar-refractivity contribution in [1.29, 1.82) is 0 Å². The van der Waals surface area contributed by atoms with Gasteiger partial charge in [0.2, 0.25) is 0 Å². The molecule has 2 aromatic rings. The lowest BCUT2D eigenvalue weighted by atomic mass is 10.2. The molecule has 0 fully saturated rings. The fraction of sp³-hybridized carbons (Fsp3) is 0.571. The minimum atomic E-state index is -1.64. The standard InChI is InChI=1S/C14H24N4OSi/c1-14(2,3)20(4,5)19-9-7-15-12-6-8-18-11-16-17-13(18)10-12/h6,8,10-11,15H,7,9H2,1-5H3. The van der Waals surface area contributed by atoms with Gasteiger partial charge in [-0.3, -0.25) is 4.40 Å². The molecule has 1 N–H and O–H groups in total. The van der Waals surface area contributed by atoms with E-state index in [1.165, 1.54) is 0 Å². The summed E-state index contributed by atoms with van der Waals surface area (Å²) in [5, 5.41) is 11.5. The fourth-order valence-corrected chi connectivity index (χ4v) is 2.69. The molecule has 6 heteroatoms. The van der Waals surface area contributed by atoms with Gasteiger partial charge in [0.05, 0.1) is 6.61 Å². The first-order valence-corrected chi connectivity index (χ1v) is 9.88. The Balaban J connectivity index is 1.84. The van der Waals surface area contributed by atoms with Crippen LogP contribution in [-0.4, -0.2) is 36.1 Å². The highest BCUT2D eigenvalue weighted by molar-refractivity contribution is 6.74. The van der Waals surface area contributed by atoms with Gasteiger partial charge in [0.25, 0.3) is 0 Å². The molecule has 0 saturated heterocycles. The van der Waals surface area contributed by atoms with E-state index in [1.54, 1.807) is 6.33 Å². The number of hydrogen-bond donors (Lipinski definition) is 1. The number of nitrogens with one attached hydrogen (secondary N) is 1. The summed E-state index contributed by atoms with van der Waals surface area (Å²) in [5.41, 5.74) is 1.89. The Bertz CT molecular complexity index is 574. The molecular weight excluding hydrogens is 268 g/mol. The van der Waals surface area contributed by atoms with Crippen LogP contribution in [0.3, 0.4) is 0 Å². The van der Waals surface area contributed by atoms with Gasteiger partial charge in [-0.05, 0) is 24.2 Å². The van der Waals surface area contributed by atoms with E-state index in [-0.39, 0.29) is 5.04 Å². The van der Waals surface area contributed by atoms with Gasteiger partial charge in [-0.1, -0.05) is 20.8 Å². The van der Waals surface area contributed by atoms with Crippen LogP contribution in [0.1, 0.15) is 20.8 Å². The van der Waals surface area contributed by atoms with Gasteiger partial charge >= 0.3 is 0 Å². The normalized spacial score (nSPS) is 12.8. The molecule has 2 rings (SSSR count). The average Bonchev–Trinajstić information content (AvgIpc) is 2.80. The number of pyridine rings is 1. The third kappa shape index (κ3) is 3.37. The first kappa shape index (κ1) is 15.0. The second-order valence-electron chi connectivity index (χ2n) is 6.55. The fourth-order valence-electron chi connectivity index (χ4n) is 1.65. The number of anilines is 1. The van der Waals surface area contributed by atoms with Gasteiger partial charge in [-0.25, -0.2) is 0 Å². The summed E-state index contributed by atoms with van der Waals surface area (Å²) < 4.78 is 8.02.